The van der Waals surface area contributed by atoms with Crippen LogP contribution < -0.4 is 14.8 Å². The average molecular weight is 531 g/mol. The van der Waals surface area contributed by atoms with E-state index in [0.29, 0.717) is 32.9 Å². The molecule has 35 heavy (non-hydrogen) atoms. The minimum absolute atomic E-state index is 0.0494. The van der Waals surface area contributed by atoms with Gasteiger partial charge in [0.2, 0.25) is 0 Å². The van der Waals surface area contributed by atoms with E-state index in [1.807, 2.05) is 19.1 Å². The SMILES string of the molecule is Cc1ccccc1NS(=O)(=O)c1ccc(NC(=O)c2ccc(COc3cc(Cl)ccc3Cl)o2)cc1. The van der Waals surface area contributed by atoms with Crippen LogP contribution in [0.2, 0.25) is 10.0 Å². The lowest BCUT2D eigenvalue weighted by Crippen LogP contribution is -2.14. The molecule has 0 spiro atoms. The lowest BCUT2D eigenvalue weighted by atomic mass is 10.2. The molecule has 180 valence electrons. The predicted molar refractivity (Wildman–Crippen MR) is 136 cm³/mol. The Morgan fingerprint density at radius 3 is 2.46 bits per heavy atom. The van der Waals surface area contributed by atoms with Gasteiger partial charge in [0.25, 0.3) is 15.9 Å². The summed E-state index contributed by atoms with van der Waals surface area (Å²) >= 11 is 12.0. The Labute approximate surface area is 212 Å². The number of anilines is 2. The number of halogens is 2. The molecule has 0 unspecified atom stereocenters. The van der Waals surface area contributed by atoms with Gasteiger partial charge in [0, 0.05) is 16.8 Å². The summed E-state index contributed by atoms with van der Waals surface area (Å²) in [5.74, 6) is 0.382. The van der Waals surface area contributed by atoms with Gasteiger partial charge in [-0.2, -0.15) is 0 Å². The standard InChI is InChI=1S/C25H20Cl2N2O5S/c1-16-4-2-3-5-22(16)29-35(31,32)20-10-7-18(8-11-20)28-25(30)23-13-9-19(34-23)15-33-24-14-17(26)6-12-21(24)27/h2-14,29H,15H2,1H3,(H,28,30). The minimum atomic E-state index is -3.78. The fraction of sp³-hybridized carbons (Fsp3) is 0.0800. The van der Waals surface area contributed by atoms with Gasteiger partial charge < -0.3 is 14.5 Å². The van der Waals surface area contributed by atoms with Crippen molar-refractivity contribution in [1.29, 1.82) is 0 Å². The molecule has 0 fully saturated rings. The number of aryl methyl sites for hydroxylation is 1. The molecule has 1 heterocycles. The van der Waals surface area contributed by atoms with Crippen LogP contribution in [0.3, 0.4) is 0 Å². The van der Waals surface area contributed by atoms with Crippen LogP contribution in [0.1, 0.15) is 21.9 Å². The summed E-state index contributed by atoms with van der Waals surface area (Å²) in [5.41, 5.74) is 1.71. The molecule has 0 aliphatic carbocycles. The number of benzene rings is 3. The van der Waals surface area contributed by atoms with Gasteiger partial charge in [-0.1, -0.05) is 41.4 Å². The number of furan rings is 1. The third kappa shape index (κ3) is 6.16. The number of carbonyl (C=O) groups excluding carboxylic acids is 1. The fourth-order valence-corrected chi connectivity index (χ4v) is 4.58. The fourth-order valence-electron chi connectivity index (χ4n) is 3.12. The Morgan fingerprint density at radius 1 is 0.971 bits per heavy atom. The maximum atomic E-state index is 12.7. The Balaban J connectivity index is 1.37. The van der Waals surface area contributed by atoms with Crippen LogP contribution in [0.25, 0.3) is 0 Å². The van der Waals surface area contributed by atoms with Crippen molar-refractivity contribution in [2.24, 2.45) is 0 Å². The second kappa shape index (κ2) is 10.4. The zero-order valence-electron chi connectivity index (χ0n) is 18.4. The number of sulfonamides is 1. The first kappa shape index (κ1) is 24.7. The molecule has 0 saturated carbocycles. The normalized spacial score (nSPS) is 11.2. The molecule has 3 aromatic carbocycles. The number of ether oxygens (including phenoxy) is 1. The second-order valence-corrected chi connectivity index (χ2v) is 10.1. The summed E-state index contributed by atoms with van der Waals surface area (Å²) in [6.45, 7) is 1.86. The van der Waals surface area contributed by atoms with Crippen molar-refractivity contribution in [2.45, 2.75) is 18.4 Å². The predicted octanol–water partition coefficient (Wildman–Crippen LogP) is 6.53. The molecular formula is C25H20Cl2N2O5S. The molecule has 0 aliphatic heterocycles. The van der Waals surface area contributed by atoms with Crippen LogP contribution >= 0.6 is 23.2 Å². The number of hydrogen-bond donors (Lipinski definition) is 2. The first-order chi connectivity index (χ1) is 16.7. The van der Waals surface area contributed by atoms with E-state index in [0.717, 1.165) is 5.56 Å². The number of carbonyl (C=O) groups is 1. The molecule has 0 aliphatic rings. The van der Waals surface area contributed by atoms with Gasteiger partial charge >= 0.3 is 0 Å². The number of hydrogen-bond acceptors (Lipinski definition) is 5. The van der Waals surface area contributed by atoms with Gasteiger partial charge in [-0.05, 0) is 67.1 Å². The van der Waals surface area contributed by atoms with Gasteiger partial charge in [0.1, 0.15) is 18.1 Å². The van der Waals surface area contributed by atoms with E-state index in [-0.39, 0.29) is 17.3 Å². The highest BCUT2D eigenvalue weighted by molar-refractivity contribution is 7.92. The van der Waals surface area contributed by atoms with Gasteiger partial charge in [-0.15, -0.1) is 0 Å². The summed E-state index contributed by atoms with van der Waals surface area (Å²) in [5, 5.41) is 3.55. The van der Waals surface area contributed by atoms with E-state index in [4.69, 9.17) is 32.4 Å². The highest BCUT2D eigenvalue weighted by atomic mass is 35.5. The maximum Gasteiger partial charge on any atom is 0.291 e. The topological polar surface area (TPSA) is 97.6 Å². The Morgan fingerprint density at radius 2 is 1.71 bits per heavy atom. The van der Waals surface area contributed by atoms with Gasteiger partial charge in [0.05, 0.1) is 15.6 Å². The largest absolute Gasteiger partial charge is 0.484 e. The van der Waals surface area contributed by atoms with Crippen LogP contribution in [0.5, 0.6) is 5.75 Å². The molecule has 1 amide bonds. The highest BCUT2D eigenvalue weighted by Gasteiger charge is 2.17. The minimum Gasteiger partial charge on any atom is -0.484 e. The van der Waals surface area contributed by atoms with Crippen molar-refractivity contribution >= 4 is 50.5 Å². The molecule has 2 N–H and O–H groups in total. The molecule has 7 nitrogen and oxygen atoms in total. The molecule has 4 aromatic rings. The molecule has 4 rings (SSSR count). The second-order valence-electron chi connectivity index (χ2n) is 7.53. The molecule has 0 saturated heterocycles. The molecule has 0 radical (unpaired) electrons. The van der Waals surface area contributed by atoms with Crippen LogP contribution in [0.15, 0.2) is 88.2 Å². The highest BCUT2D eigenvalue weighted by Crippen LogP contribution is 2.28. The summed E-state index contributed by atoms with van der Waals surface area (Å²) in [6.07, 6.45) is 0. The summed E-state index contributed by atoms with van der Waals surface area (Å²) in [7, 11) is -3.78. The van der Waals surface area contributed by atoms with Crippen LogP contribution in [0.4, 0.5) is 11.4 Å². The van der Waals surface area contributed by atoms with E-state index in [2.05, 4.69) is 10.0 Å². The zero-order chi connectivity index (χ0) is 25.0. The van der Waals surface area contributed by atoms with Gasteiger partial charge in [-0.3, -0.25) is 9.52 Å². The van der Waals surface area contributed by atoms with Gasteiger partial charge in [0.15, 0.2) is 5.76 Å². The zero-order valence-corrected chi connectivity index (χ0v) is 20.7. The molecule has 0 bridgehead atoms. The first-order valence-electron chi connectivity index (χ1n) is 10.4. The molecule has 10 heteroatoms. The Bertz CT molecular complexity index is 1470. The van der Waals surface area contributed by atoms with E-state index in [9.17, 15) is 13.2 Å². The number of amides is 1. The molecule has 1 aromatic heterocycles. The van der Waals surface area contributed by atoms with E-state index < -0.39 is 15.9 Å². The monoisotopic (exact) mass is 530 g/mol. The van der Waals surface area contributed by atoms with Crippen molar-refractivity contribution < 1.29 is 22.4 Å². The van der Waals surface area contributed by atoms with Crippen molar-refractivity contribution in [3.05, 3.63) is 106 Å². The quantitative estimate of drug-likeness (QED) is 0.270. The third-order valence-electron chi connectivity index (χ3n) is 4.96. The summed E-state index contributed by atoms with van der Waals surface area (Å²) in [4.78, 5) is 12.6. The van der Waals surface area contributed by atoms with E-state index in [1.54, 1.807) is 36.4 Å². The average Bonchev–Trinajstić information content (AvgIpc) is 3.31. The number of rotatable bonds is 8. The molecule has 0 atom stereocenters. The molecular weight excluding hydrogens is 511 g/mol. The van der Waals surface area contributed by atoms with Crippen LogP contribution in [0, 0.1) is 6.92 Å². The van der Waals surface area contributed by atoms with Crippen LogP contribution in [-0.2, 0) is 16.6 Å². The Hall–Kier alpha value is -3.46. The summed E-state index contributed by atoms with van der Waals surface area (Å²) < 4.78 is 39.1. The van der Waals surface area contributed by atoms with E-state index >= 15 is 0 Å². The maximum absolute atomic E-state index is 12.7. The lowest BCUT2D eigenvalue weighted by molar-refractivity contribution is 0.0992. The number of para-hydroxylation sites is 1. The first-order valence-corrected chi connectivity index (χ1v) is 12.6. The number of nitrogens with one attached hydrogen (secondary N) is 2. The van der Waals surface area contributed by atoms with E-state index in [1.165, 1.54) is 30.3 Å². The van der Waals surface area contributed by atoms with Crippen molar-refractivity contribution in [2.75, 3.05) is 10.0 Å². The van der Waals surface area contributed by atoms with Crippen LogP contribution in [-0.4, -0.2) is 14.3 Å². The van der Waals surface area contributed by atoms with Gasteiger partial charge in [-0.25, -0.2) is 8.42 Å². The smallest absolute Gasteiger partial charge is 0.291 e. The lowest BCUT2D eigenvalue weighted by Gasteiger charge is -2.11. The summed E-state index contributed by atoms with van der Waals surface area (Å²) in [6, 6.07) is 20.9. The van der Waals surface area contributed by atoms with Crippen molar-refractivity contribution in [3.8, 4) is 5.75 Å². The van der Waals surface area contributed by atoms with Crippen molar-refractivity contribution in [3.63, 3.8) is 0 Å². The Kier molecular flexibility index (Phi) is 7.35. The third-order valence-corrected chi connectivity index (χ3v) is 6.89. The van der Waals surface area contributed by atoms with Crippen molar-refractivity contribution in [1.82, 2.24) is 0 Å².